The number of hydrogen-bond donors (Lipinski definition) is 1. The molecule has 4 nitrogen and oxygen atoms in total. The van der Waals surface area contributed by atoms with Crippen LogP contribution in [-0.4, -0.2) is 35.6 Å². The summed E-state index contributed by atoms with van der Waals surface area (Å²) in [5.74, 6) is 0.318. The molecule has 0 saturated heterocycles. The second kappa shape index (κ2) is 12.7. The van der Waals surface area contributed by atoms with Crippen LogP contribution in [0.4, 0.5) is 0 Å². The molecule has 1 atom stereocenters. The van der Waals surface area contributed by atoms with Crippen LogP contribution in [0.2, 0.25) is 10.0 Å². The predicted octanol–water partition coefficient (Wildman–Crippen LogP) is 5.86. The molecule has 0 spiro atoms. The molecule has 0 saturated carbocycles. The third-order valence-electron chi connectivity index (χ3n) is 5.16. The lowest BCUT2D eigenvalue weighted by molar-refractivity contribution is -0.140. The highest BCUT2D eigenvalue weighted by Gasteiger charge is 2.29. The van der Waals surface area contributed by atoms with Crippen LogP contribution in [0.1, 0.15) is 17.5 Å². The van der Waals surface area contributed by atoms with E-state index in [9.17, 15) is 9.59 Å². The fourth-order valence-corrected chi connectivity index (χ4v) is 4.66. The van der Waals surface area contributed by atoms with Crippen LogP contribution in [0.25, 0.3) is 0 Å². The second-order valence-electron chi connectivity index (χ2n) is 7.52. The third kappa shape index (κ3) is 7.81. The van der Waals surface area contributed by atoms with Crippen LogP contribution in [0, 0.1) is 0 Å². The molecule has 0 unspecified atom stereocenters. The van der Waals surface area contributed by atoms with Gasteiger partial charge in [0.15, 0.2) is 0 Å². The van der Waals surface area contributed by atoms with Crippen molar-refractivity contribution in [3.8, 4) is 0 Å². The Morgan fingerprint density at radius 3 is 2.27 bits per heavy atom. The number of benzene rings is 3. The van der Waals surface area contributed by atoms with E-state index in [1.165, 1.54) is 0 Å². The third-order valence-corrected chi connectivity index (χ3v) is 6.66. The van der Waals surface area contributed by atoms with Crippen LogP contribution >= 0.6 is 35.0 Å². The number of carbonyl (C=O) groups excluding carboxylic acids is 2. The summed E-state index contributed by atoms with van der Waals surface area (Å²) in [5.41, 5.74) is 1.87. The minimum atomic E-state index is -0.635. The molecule has 172 valence electrons. The molecule has 0 aromatic heterocycles. The molecule has 0 radical (unpaired) electrons. The number of carbonyl (C=O) groups is 2. The van der Waals surface area contributed by atoms with Gasteiger partial charge in [-0.2, -0.15) is 0 Å². The molecule has 3 aromatic carbocycles. The first-order valence-corrected chi connectivity index (χ1v) is 12.4. The van der Waals surface area contributed by atoms with Crippen molar-refractivity contribution in [2.75, 3.05) is 12.8 Å². The largest absolute Gasteiger partial charge is 0.357 e. The average molecular weight is 501 g/mol. The number of nitrogens with one attached hydrogen (secondary N) is 1. The molecular weight excluding hydrogens is 475 g/mol. The molecular formula is C26H26Cl2N2O2S. The molecule has 0 bridgehead atoms. The zero-order valence-corrected chi connectivity index (χ0v) is 20.7. The van der Waals surface area contributed by atoms with Gasteiger partial charge in [-0.15, -0.1) is 11.8 Å². The Bertz CT molecular complexity index is 1060. The summed E-state index contributed by atoms with van der Waals surface area (Å²) in [6, 6.07) is 24.0. The monoisotopic (exact) mass is 500 g/mol. The number of likely N-dealkylation sites (N-methyl/N-ethyl adjacent to an activating group) is 1. The molecule has 0 fully saturated rings. The lowest BCUT2D eigenvalue weighted by Gasteiger charge is -2.31. The summed E-state index contributed by atoms with van der Waals surface area (Å²) in [6.45, 7) is 0.302. The zero-order valence-electron chi connectivity index (χ0n) is 18.3. The SMILES string of the molecule is CNC(=O)[C@H](Cc1ccccc1)N(Cc1cccc(Cl)c1)C(=O)CCSc1ccc(Cl)cc1. The summed E-state index contributed by atoms with van der Waals surface area (Å²) in [6.07, 6.45) is 0.729. The highest BCUT2D eigenvalue weighted by atomic mass is 35.5. The van der Waals surface area contributed by atoms with Crippen molar-refractivity contribution < 1.29 is 9.59 Å². The van der Waals surface area contributed by atoms with Gasteiger partial charge in [0, 0.05) is 47.1 Å². The van der Waals surface area contributed by atoms with Gasteiger partial charge in [-0.25, -0.2) is 0 Å². The van der Waals surface area contributed by atoms with Gasteiger partial charge in [-0.05, 0) is 47.5 Å². The Labute approximate surface area is 209 Å². The highest BCUT2D eigenvalue weighted by Crippen LogP contribution is 2.23. The minimum absolute atomic E-state index is 0.0824. The van der Waals surface area contributed by atoms with Gasteiger partial charge < -0.3 is 10.2 Å². The van der Waals surface area contributed by atoms with Gasteiger partial charge in [-0.3, -0.25) is 9.59 Å². The van der Waals surface area contributed by atoms with Gasteiger partial charge in [-0.1, -0.05) is 65.7 Å². The van der Waals surface area contributed by atoms with E-state index in [1.807, 2.05) is 72.8 Å². The highest BCUT2D eigenvalue weighted by molar-refractivity contribution is 7.99. The topological polar surface area (TPSA) is 49.4 Å². The number of rotatable bonds is 10. The molecule has 33 heavy (non-hydrogen) atoms. The van der Waals surface area contributed by atoms with Crippen molar-refractivity contribution in [3.05, 3.63) is 100 Å². The number of thioether (sulfide) groups is 1. The van der Waals surface area contributed by atoms with E-state index < -0.39 is 6.04 Å². The molecule has 0 aliphatic heterocycles. The van der Waals surface area contributed by atoms with Crippen LogP contribution in [0.5, 0.6) is 0 Å². The fraction of sp³-hybridized carbons (Fsp3) is 0.231. The molecule has 0 heterocycles. The predicted molar refractivity (Wildman–Crippen MR) is 137 cm³/mol. The Kier molecular flexibility index (Phi) is 9.67. The standard InChI is InChI=1S/C26H26Cl2N2O2S/c1-29-26(32)24(17-19-6-3-2-4-7-19)30(18-20-8-5-9-22(28)16-20)25(31)14-15-33-23-12-10-21(27)11-13-23/h2-13,16,24H,14-15,17-18H2,1H3,(H,29,32)/t24-/m0/s1. The van der Waals surface area contributed by atoms with Crippen molar-refractivity contribution >= 4 is 46.8 Å². The Balaban J connectivity index is 1.80. The van der Waals surface area contributed by atoms with Crippen molar-refractivity contribution in [2.45, 2.75) is 30.3 Å². The number of amides is 2. The van der Waals surface area contributed by atoms with E-state index in [-0.39, 0.29) is 11.8 Å². The average Bonchev–Trinajstić information content (AvgIpc) is 2.82. The quantitative estimate of drug-likeness (QED) is 0.354. The normalized spacial score (nSPS) is 11.6. The van der Waals surface area contributed by atoms with Gasteiger partial charge in [0.1, 0.15) is 6.04 Å². The van der Waals surface area contributed by atoms with Crippen molar-refractivity contribution in [1.29, 1.82) is 0 Å². The first-order chi connectivity index (χ1) is 16.0. The van der Waals surface area contributed by atoms with Gasteiger partial charge in [0.05, 0.1) is 0 Å². The van der Waals surface area contributed by atoms with E-state index in [2.05, 4.69) is 5.32 Å². The molecule has 0 aliphatic carbocycles. The summed E-state index contributed by atoms with van der Waals surface area (Å²) in [7, 11) is 1.60. The fourth-order valence-electron chi connectivity index (χ4n) is 3.48. The summed E-state index contributed by atoms with van der Waals surface area (Å²) in [4.78, 5) is 29.0. The molecule has 0 aliphatic rings. The van der Waals surface area contributed by atoms with Crippen LogP contribution < -0.4 is 5.32 Å². The van der Waals surface area contributed by atoms with E-state index in [1.54, 1.807) is 29.8 Å². The van der Waals surface area contributed by atoms with Crippen LogP contribution in [0.3, 0.4) is 0 Å². The van der Waals surface area contributed by atoms with Crippen molar-refractivity contribution in [3.63, 3.8) is 0 Å². The Hall–Kier alpha value is -2.47. The van der Waals surface area contributed by atoms with Crippen molar-refractivity contribution in [2.24, 2.45) is 0 Å². The van der Waals surface area contributed by atoms with E-state index in [0.717, 1.165) is 16.0 Å². The maximum Gasteiger partial charge on any atom is 0.242 e. The van der Waals surface area contributed by atoms with Crippen LogP contribution in [0.15, 0.2) is 83.8 Å². The number of hydrogen-bond acceptors (Lipinski definition) is 3. The summed E-state index contributed by atoms with van der Waals surface area (Å²) < 4.78 is 0. The lowest BCUT2D eigenvalue weighted by Crippen LogP contribution is -2.49. The van der Waals surface area contributed by atoms with E-state index in [4.69, 9.17) is 23.2 Å². The van der Waals surface area contributed by atoms with Gasteiger partial charge in [0.2, 0.25) is 11.8 Å². The number of nitrogens with zero attached hydrogens (tertiary/aromatic N) is 1. The smallest absolute Gasteiger partial charge is 0.242 e. The first kappa shape index (κ1) is 25.2. The van der Waals surface area contributed by atoms with Crippen molar-refractivity contribution in [1.82, 2.24) is 10.2 Å². The Morgan fingerprint density at radius 1 is 0.909 bits per heavy atom. The van der Waals surface area contributed by atoms with Gasteiger partial charge >= 0.3 is 0 Å². The second-order valence-corrected chi connectivity index (χ2v) is 9.56. The molecule has 3 aromatic rings. The van der Waals surface area contributed by atoms with E-state index >= 15 is 0 Å². The summed E-state index contributed by atoms with van der Waals surface area (Å²) in [5, 5.41) is 4.00. The maximum absolute atomic E-state index is 13.4. The maximum atomic E-state index is 13.4. The molecule has 7 heteroatoms. The number of halogens is 2. The zero-order chi connectivity index (χ0) is 23.6. The summed E-state index contributed by atoms with van der Waals surface area (Å²) >= 11 is 13.7. The molecule has 2 amide bonds. The van der Waals surface area contributed by atoms with Crippen LogP contribution in [-0.2, 0) is 22.6 Å². The lowest BCUT2D eigenvalue weighted by atomic mass is 10.0. The minimum Gasteiger partial charge on any atom is -0.357 e. The van der Waals surface area contributed by atoms with E-state index in [0.29, 0.717) is 35.2 Å². The molecule has 1 N–H and O–H groups in total. The van der Waals surface area contributed by atoms with Gasteiger partial charge in [0.25, 0.3) is 0 Å². The first-order valence-electron chi connectivity index (χ1n) is 10.6. The Morgan fingerprint density at radius 2 is 1.61 bits per heavy atom. The molecule has 3 rings (SSSR count).